The van der Waals surface area contributed by atoms with Crippen molar-refractivity contribution in [2.45, 2.75) is 32.3 Å². The molecule has 3 atom stereocenters. The Balaban J connectivity index is 1.84. The molecule has 0 aliphatic heterocycles. The number of hydrogen-bond acceptors (Lipinski definition) is 1. The fourth-order valence-corrected chi connectivity index (χ4v) is 8.33. The summed E-state index contributed by atoms with van der Waals surface area (Å²) in [7, 11) is -2.72. The van der Waals surface area contributed by atoms with Crippen molar-refractivity contribution in [2.24, 2.45) is 17.3 Å². The number of fused-ring (bicyclic) bond motifs is 2. The first-order valence-electron chi connectivity index (χ1n) is 8.85. The molecule has 5 rings (SSSR count). The third-order valence-corrected chi connectivity index (χ3v) is 10.1. The van der Waals surface area contributed by atoms with E-state index < -0.39 is 7.14 Å². The average molecular weight is 336 g/mol. The molecule has 0 N–H and O–H groups in total. The highest BCUT2D eigenvalue weighted by molar-refractivity contribution is 7.79. The lowest BCUT2D eigenvalue weighted by molar-refractivity contribution is -0.0258. The summed E-state index contributed by atoms with van der Waals surface area (Å²) in [5, 5.41) is 1.95. The molecule has 124 valence electrons. The number of rotatable bonds is 3. The first-order valence-corrected chi connectivity index (χ1v) is 10.6. The Morgan fingerprint density at radius 1 is 0.917 bits per heavy atom. The van der Waals surface area contributed by atoms with E-state index in [-0.39, 0.29) is 5.66 Å². The third kappa shape index (κ3) is 2.11. The van der Waals surface area contributed by atoms with Crippen LogP contribution in [0.5, 0.6) is 0 Å². The standard InChI is InChI=1S/C22H25OP/c1-16-20-14-17(22(20,2)3)15-21(16)24(23,18-10-6-4-7-11-18)19-12-8-5-9-13-19/h4-13,17,20-21H,1,14-15H2,2-3H3/t17?,20-,21?/m0/s1. The monoisotopic (exact) mass is 336 g/mol. The summed E-state index contributed by atoms with van der Waals surface area (Å²) >= 11 is 0. The van der Waals surface area contributed by atoms with Crippen LogP contribution in [-0.2, 0) is 4.57 Å². The van der Waals surface area contributed by atoms with Gasteiger partial charge in [-0.15, -0.1) is 0 Å². The van der Waals surface area contributed by atoms with Crippen molar-refractivity contribution in [1.29, 1.82) is 0 Å². The predicted molar refractivity (Wildman–Crippen MR) is 103 cm³/mol. The largest absolute Gasteiger partial charge is 0.313 e. The van der Waals surface area contributed by atoms with E-state index >= 15 is 0 Å². The van der Waals surface area contributed by atoms with Crippen molar-refractivity contribution >= 4 is 17.8 Å². The van der Waals surface area contributed by atoms with E-state index in [9.17, 15) is 4.57 Å². The molecule has 2 aromatic carbocycles. The summed E-state index contributed by atoms with van der Waals surface area (Å²) in [6, 6.07) is 20.1. The van der Waals surface area contributed by atoms with Crippen molar-refractivity contribution in [1.82, 2.24) is 0 Å². The Morgan fingerprint density at radius 3 is 1.83 bits per heavy atom. The van der Waals surface area contributed by atoms with Crippen LogP contribution in [-0.4, -0.2) is 5.66 Å². The highest BCUT2D eigenvalue weighted by Gasteiger charge is 2.58. The maximum Gasteiger partial charge on any atom is 0.150 e. The van der Waals surface area contributed by atoms with Crippen LogP contribution < -0.4 is 10.6 Å². The van der Waals surface area contributed by atoms with Crippen LogP contribution >= 0.6 is 7.14 Å². The minimum Gasteiger partial charge on any atom is -0.313 e. The van der Waals surface area contributed by atoms with Crippen LogP contribution in [0.2, 0.25) is 0 Å². The summed E-state index contributed by atoms with van der Waals surface area (Å²) < 4.78 is 14.5. The zero-order valence-corrected chi connectivity index (χ0v) is 15.4. The molecule has 0 aromatic heterocycles. The number of hydrogen-bond donors (Lipinski definition) is 0. The van der Waals surface area contributed by atoms with Gasteiger partial charge in [0.1, 0.15) is 7.14 Å². The Kier molecular flexibility index (Phi) is 3.62. The van der Waals surface area contributed by atoms with Crippen molar-refractivity contribution in [2.75, 3.05) is 0 Å². The lowest BCUT2D eigenvalue weighted by Gasteiger charge is -2.60. The van der Waals surface area contributed by atoms with Crippen LogP contribution in [0.3, 0.4) is 0 Å². The molecule has 2 unspecified atom stereocenters. The van der Waals surface area contributed by atoms with Crippen LogP contribution in [0, 0.1) is 17.3 Å². The molecule has 3 aliphatic carbocycles. The summed E-state index contributed by atoms with van der Waals surface area (Å²) in [6.45, 7) is 9.16. The summed E-state index contributed by atoms with van der Waals surface area (Å²) in [6.07, 6.45) is 2.23. The second-order valence-corrected chi connectivity index (χ2v) is 10.9. The lowest BCUT2D eigenvalue weighted by Crippen LogP contribution is -2.54. The van der Waals surface area contributed by atoms with Crippen LogP contribution in [0.15, 0.2) is 72.8 Å². The van der Waals surface area contributed by atoms with Crippen LogP contribution in [0.25, 0.3) is 0 Å². The lowest BCUT2D eigenvalue weighted by atomic mass is 9.47. The van der Waals surface area contributed by atoms with Crippen molar-refractivity contribution < 1.29 is 4.57 Å². The molecule has 1 nitrogen and oxygen atoms in total. The highest BCUT2D eigenvalue weighted by Crippen LogP contribution is 2.68. The van der Waals surface area contributed by atoms with Gasteiger partial charge < -0.3 is 4.57 Å². The Labute approximate surface area is 145 Å². The molecule has 24 heavy (non-hydrogen) atoms. The molecular formula is C22H25OP. The SMILES string of the molecule is C=C1C(P(=O)(c2ccccc2)c2ccccc2)CC2C[C@@H]1C2(C)C. The minimum absolute atomic E-state index is 0.0825. The predicted octanol–water partition coefficient (Wildman–Crippen LogP) is 4.99. The molecule has 3 fully saturated rings. The van der Waals surface area contributed by atoms with Crippen molar-refractivity contribution in [3.8, 4) is 0 Å². The van der Waals surface area contributed by atoms with Crippen LogP contribution in [0.1, 0.15) is 26.7 Å². The van der Waals surface area contributed by atoms with Gasteiger partial charge in [-0.2, -0.15) is 0 Å². The molecule has 0 heterocycles. The van der Waals surface area contributed by atoms with E-state index in [1.165, 1.54) is 12.0 Å². The quantitative estimate of drug-likeness (QED) is 0.570. The Hall–Kier alpha value is -1.59. The second kappa shape index (κ2) is 5.46. The summed E-state index contributed by atoms with van der Waals surface area (Å²) in [5.41, 5.74) is 1.63. The zero-order chi connectivity index (χ0) is 16.9. The van der Waals surface area contributed by atoms with Gasteiger partial charge in [-0.25, -0.2) is 0 Å². The second-order valence-electron chi connectivity index (χ2n) is 7.96. The molecule has 3 saturated carbocycles. The van der Waals surface area contributed by atoms with E-state index in [4.69, 9.17) is 0 Å². The van der Waals surface area contributed by atoms with E-state index in [1.54, 1.807) is 0 Å². The number of benzene rings is 2. The van der Waals surface area contributed by atoms with Gasteiger partial charge in [0.25, 0.3) is 0 Å². The number of allylic oxidation sites excluding steroid dienone is 1. The molecule has 3 aliphatic rings. The summed E-state index contributed by atoms with van der Waals surface area (Å²) in [4.78, 5) is 0. The smallest absolute Gasteiger partial charge is 0.150 e. The van der Waals surface area contributed by atoms with Crippen molar-refractivity contribution in [3.05, 3.63) is 72.8 Å². The Bertz CT molecular complexity index is 763. The first kappa shape index (κ1) is 15.9. The normalized spacial score (nSPS) is 28.2. The van der Waals surface area contributed by atoms with E-state index in [0.717, 1.165) is 17.0 Å². The van der Waals surface area contributed by atoms with Gasteiger partial charge in [0.2, 0.25) is 0 Å². The summed E-state index contributed by atoms with van der Waals surface area (Å²) in [5.74, 6) is 1.18. The van der Waals surface area contributed by atoms with Crippen molar-refractivity contribution in [3.63, 3.8) is 0 Å². The fraction of sp³-hybridized carbons (Fsp3) is 0.364. The minimum atomic E-state index is -2.72. The molecular weight excluding hydrogens is 311 g/mol. The van der Waals surface area contributed by atoms with Gasteiger partial charge in [0.05, 0.1) is 0 Å². The van der Waals surface area contributed by atoms with E-state index in [2.05, 4.69) is 20.4 Å². The molecule has 0 radical (unpaired) electrons. The zero-order valence-electron chi connectivity index (χ0n) is 14.5. The molecule has 0 spiro atoms. The molecule has 2 aromatic rings. The van der Waals surface area contributed by atoms with E-state index in [0.29, 0.717) is 17.3 Å². The molecule has 2 bridgehead atoms. The molecule has 0 saturated heterocycles. The van der Waals surface area contributed by atoms with Gasteiger partial charge in [0.15, 0.2) is 0 Å². The highest BCUT2D eigenvalue weighted by atomic mass is 31.2. The van der Waals surface area contributed by atoms with Gasteiger partial charge >= 0.3 is 0 Å². The first-order chi connectivity index (χ1) is 11.5. The fourth-order valence-electron chi connectivity index (χ4n) is 4.89. The van der Waals surface area contributed by atoms with Crippen LogP contribution in [0.4, 0.5) is 0 Å². The maximum absolute atomic E-state index is 14.5. The topological polar surface area (TPSA) is 17.1 Å². The molecule has 2 heteroatoms. The van der Waals surface area contributed by atoms with Gasteiger partial charge in [0, 0.05) is 16.3 Å². The Morgan fingerprint density at radius 2 is 1.42 bits per heavy atom. The van der Waals surface area contributed by atoms with Gasteiger partial charge in [-0.05, 0) is 30.1 Å². The van der Waals surface area contributed by atoms with Gasteiger partial charge in [-0.3, -0.25) is 0 Å². The average Bonchev–Trinajstić information content (AvgIpc) is 2.62. The molecule has 0 amide bonds. The third-order valence-electron chi connectivity index (χ3n) is 6.57. The van der Waals surface area contributed by atoms with E-state index in [1.807, 2.05) is 60.7 Å². The van der Waals surface area contributed by atoms with Gasteiger partial charge in [-0.1, -0.05) is 86.7 Å². The maximum atomic E-state index is 14.5.